The van der Waals surface area contributed by atoms with Gasteiger partial charge in [-0.05, 0) is 58.7 Å². The number of amides is 1. The molecule has 0 saturated heterocycles. The van der Waals surface area contributed by atoms with Crippen molar-refractivity contribution in [3.63, 3.8) is 0 Å². The summed E-state index contributed by atoms with van der Waals surface area (Å²) >= 11 is 4.75. The molecule has 2 N–H and O–H groups in total. The molecule has 0 spiro atoms. The lowest BCUT2D eigenvalue weighted by molar-refractivity contribution is 0.0997. The van der Waals surface area contributed by atoms with Crippen LogP contribution in [0.15, 0.2) is 39.0 Å². The van der Waals surface area contributed by atoms with Crippen LogP contribution in [-0.4, -0.2) is 21.4 Å². The number of carbonyl (C=O) groups excluding carboxylic acids is 1. The third kappa shape index (κ3) is 3.52. The Labute approximate surface area is 135 Å². The van der Waals surface area contributed by atoms with E-state index in [9.17, 15) is 13.2 Å². The molecular weight excluding hydrogens is 376 g/mol. The summed E-state index contributed by atoms with van der Waals surface area (Å²) in [6.07, 6.45) is 0. The number of primary sulfonamides is 1. The molecule has 0 atom stereocenters. The van der Waals surface area contributed by atoms with E-state index in [-0.39, 0.29) is 10.8 Å². The van der Waals surface area contributed by atoms with Crippen molar-refractivity contribution in [2.75, 3.05) is 11.9 Å². The monoisotopic (exact) mass is 388 g/mol. The van der Waals surface area contributed by atoms with Gasteiger partial charge in [0.2, 0.25) is 10.0 Å². The van der Waals surface area contributed by atoms with Crippen LogP contribution >= 0.6 is 27.3 Å². The molecule has 0 fully saturated rings. The number of thiophene rings is 1. The first-order chi connectivity index (χ1) is 9.70. The largest absolute Gasteiger partial charge is 0.311 e. The van der Waals surface area contributed by atoms with E-state index in [4.69, 9.17) is 5.14 Å². The Bertz CT molecular complexity index is 763. The van der Waals surface area contributed by atoms with Crippen molar-refractivity contribution in [1.82, 2.24) is 0 Å². The summed E-state index contributed by atoms with van der Waals surface area (Å²) in [4.78, 5) is 14.5. The number of halogens is 1. The Morgan fingerprint density at radius 1 is 1.29 bits per heavy atom. The summed E-state index contributed by atoms with van der Waals surface area (Å²) in [5.74, 6) is -0.155. The second-order valence-corrected chi connectivity index (χ2v) is 8.40. The van der Waals surface area contributed by atoms with Crippen molar-refractivity contribution in [2.24, 2.45) is 5.14 Å². The van der Waals surface area contributed by atoms with Gasteiger partial charge in [-0.2, -0.15) is 0 Å². The van der Waals surface area contributed by atoms with E-state index in [1.54, 1.807) is 19.2 Å². The highest BCUT2D eigenvalue weighted by atomic mass is 79.9. The average molecular weight is 389 g/mol. The molecular formula is C13H13BrN2O3S2. The number of carbonyl (C=O) groups is 1. The molecule has 0 aliphatic rings. The van der Waals surface area contributed by atoms with Gasteiger partial charge in [0.15, 0.2) is 0 Å². The fourth-order valence-corrected chi connectivity index (χ4v) is 3.73. The third-order valence-electron chi connectivity index (χ3n) is 2.93. The fraction of sp³-hybridized carbons (Fsp3) is 0.154. The van der Waals surface area contributed by atoms with Crippen molar-refractivity contribution < 1.29 is 13.2 Å². The summed E-state index contributed by atoms with van der Waals surface area (Å²) in [7, 11) is -2.09. The van der Waals surface area contributed by atoms with Crippen LogP contribution in [0.4, 0.5) is 5.69 Å². The molecule has 1 aromatic carbocycles. The van der Waals surface area contributed by atoms with Crippen LogP contribution in [0.3, 0.4) is 0 Å². The molecule has 0 bridgehead atoms. The lowest BCUT2D eigenvalue weighted by Crippen LogP contribution is -2.25. The van der Waals surface area contributed by atoms with Crippen molar-refractivity contribution in [2.45, 2.75) is 11.8 Å². The smallest absolute Gasteiger partial charge is 0.268 e. The van der Waals surface area contributed by atoms with E-state index in [0.29, 0.717) is 10.6 Å². The van der Waals surface area contributed by atoms with Gasteiger partial charge in [0.25, 0.3) is 5.91 Å². The van der Waals surface area contributed by atoms with Gasteiger partial charge in [0, 0.05) is 12.7 Å². The zero-order valence-corrected chi connectivity index (χ0v) is 14.5. The van der Waals surface area contributed by atoms with Crippen LogP contribution in [-0.2, 0) is 10.0 Å². The number of sulfonamides is 1. The minimum Gasteiger partial charge on any atom is -0.311 e. The number of hydrogen-bond acceptors (Lipinski definition) is 4. The van der Waals surface area contributed by atoms with Crippen LogP contribution in [0.1, 0.15) is 15.2 Å². The number of anilines is 1. The van der Waals surface area contributed by atoms with Crippen molar-refractivity contribution in [3.8, 4) is 0 Å². The highest BCUT2D eigenvalue weighted by Gasteiger charge is 2.17. The zero-order valence-electron chi connectivity index (χ0n) is 11.3. The highest BCUT2D eigenvalue weighted by molar-refractivity contribution is 9.11. The molecule has 21 heavy (non-hydrogen) atoms. The summed E-state index contributed by atoms with van der Waals surface area (Å²) in [5, 5.41) is 5.04. The molecule has 8 heteroatoms. The predicted octanol–water partition coefficient (Wildman–Crippen LogP) is 2.74. The minimum atomic E-state index is -3.73. The molecule has 1 amide bonds. The van der Waals surface area contributed by atoms with E-state index < -0.39 is 10.0 Å². The normalized spacial score (nSPS) is 11.4. The molecule has 1 aromatic heterocycles. The molecule has 112 valence electrons. The van der Waals surface area contributed by atoms with E-state index in [1.165, 1.54) is 28.4 Å². The minimum absolute atomic E-state index is 0.0156. The highest BCUT2D eigenvalue weighted by Crippen LogP contribution is 2.29. The van der Waals surface area contributed by atoms with E-state index in [2.05, 4.69) is 15.9 Å². The fourth-order valence-electron chi connectivity index (χ4n) is 1.71. The van der Waals surface area contributed by atoms with Gasteiger partial charge in [0.1, 0.15) is 0 Å². The molecule has 5 nitrogen and oxygen atoms in total. The first-order valence-corrected chi connectivity index (χ1v) is 9.02. The Balaban J connectivity index is 2.27. The molecule has 0 unspecified atom stereocenters. The van der Waals surface area contributed by atoms with Gasteiger partial charge < -0.3 is 4.90 Å². The van der Waals surface area contributed by atoms with E-state index in [0.717, 1.165) is 9.35 Å². The molecule has 0 radical (unpaired) electrons. The van der Waals surface area contributed by atoms with Gasteiger partial charge in [-0.15, -0.1) is 11.3 Å². The number of hydrogen-bond donors (Lipinski definition) is 1. The van der Waals surface area contributed by atoms with Crippen LogP contribution in [0, 0.1) is 6.92 Å². The summed E-state index contributed by atoms with van der Waals surface area (Å²) in [6.45, 7) is 1.91. The maximum atomic E-state index is 12.4. The SMILES string of the molecule is Cc1cc(C(=O)N(C)c2ccc(S(N)(=O)=O)cc2)sc1Br. The van der Waals surface area contributed by atoms with Crippen molar-refractivity contribution in [3.05, 3.63) is 44.6 Å². The first-order valence-electron chi connectivity index (χ1n) is 5.87. The number of nitrogens with two attached hydrogens (primary N) is 1. The second kappa shape index (κ2) is 5.88. The number of benzene rings is 1. The lowest BCUT2D eigenvalue weighted by atomic mass is 10.2. The topological polar surface area (TPSA) is 80.5 Å². The van der Waals surface area contributed by atoms with Crippen LogP contribution in [0.2, 0.25) is 0 Å². The molecule has 0 saturated carbocycles. The number of aryl methyl sites for hydroxylation is 1. The molecule has 0 aliphatic carbocycles. The Morgan fingerprint density at radius 3 is 2.29 bits per heavy atom. The van der Waals surface area contributed by atoms with Gasteiger partial charge in [-0.25, -0.2) is 13.6 Å². The van der Waals surface area contributed by atoms with Gasteiger partial charge >= 0.3 is 0 Å². The Kier molecular flexibility index (Phi) is 4.52. The standard InChI is InChI=1S/C13H13BrN2O3S2/c1-8-7-11(20-12(8)14)13(17)16(2)9-3-5-10(6-4-9)21(15,18)19/h3-7H,1-2H3,(H2,15,18,19). The number of nitrogens with zero attached hydrogens (tertiary/aromatic N) is 1. The average Bonchev–Trinajstić information content (AvgIpc) is 2.76. The van der Waals surface area contributed by atoms with Crippen LogP contribution in [0.5, 0.6) is 0 Å². The van der Waals surface area contributed by atoms with E-state index in [1.807, 2.05) is 13.0 Å². The summed E-state index contributed by atoms with van der Waals surface area (Å²) in [5.41, 5.74) is 1.59. The van der Waals surface area contributed by atoms with Crippen molar-refractivity contribution >= 4 is 48.9 Å². The second-order valence-electron chi connectivity index (χ2n) is 4.47. The predicted molar refractivity (Wildman–Crippen MR) is 87.3 cm³/mol. The number of rotatable bonds is 3. The lowest BCUT2D eigenvalue weighted by Gasteiger charge is -2.16. The quantitative estimate of drug-likeness (QED) is 0.877. The summed E-state index contributed by atoms with van der Waals surface area (Å²) in [6, 6.07) is 7.67. The van der Waals surface area contributed by atoms with Gasteiger partial charge in [-0.3, -0.25) is 4.79 Å². The maximum Gasteiger partial charge on any atom is 0.268 e. The Morgan fingerprint density at radius 2 is 1.86 bits per heavy atom. The van der Waals surface area contributed by atoms with Crippen molar-refractivity contribution in [1.29, 1.82) is 0 Å². The summed E-state index contributed by atoms with van der Waals surface area (Å²) < 4.78 is 23.3. The van der Waals surface area contributed by atoms with Crippen LogP contribution in [0.25, 0.3) is 0 Å². The van der Waals surface area contributed by atoms with Crippen LogP contribution < -0.4 is 10.0 Å². The molecule has 0 aliphatic heterocycles. The van der Waals surface area contributed by atoms with Gasteiger partial charge in [-0.1, -0.05) is 0 Å². The molecule has 2 rings (SSSR count). The zero-order chi connectivity index (χ0) is 15.8. The first kappa shape index (κ1) is 16.2. The van der Waals surface area contributed by atoms with E-state index >= 15 is 0 Å². The molecule has 1 heterocycles. The molecule has 2 aromatic rings. The Hall–Kier alpha value is -1.22. The van der Waals surface area contributed by atoms with Gasteiger partial charge in [0.05, 0.1) is 13.6 Å². The third-order valence-corrected chi connectivity index (χ3v) is 5.98. The maximum absolute atomic E-state index is 12.4.